The van der Waals surface area contributed by atoms with Crippen LogP contribution in [0, 0.1) is 0 Å². The van der Waals surface area contributed by atoms with E-state index in [1.165, 1.54) is 5.56 Å². The second kappa shape index (κ2) is 4.49. The van der Waals surface area contributed by atoms with Gasteiger partial charge in [-0.25, -0.2) is 0 Å². The van der Waals surface area contributed by atoms with Gasteiger partial charge < -0.3 is 4.90 Å². The molecule has 3 nitrogen and oxygen atoms in total. The summed E-state index contributed by atoms with van der Waals surface area (Å²) < 4.78 is 0. The Bertz CT molecular complexity index is 413. The molecule has 1 fully saturated rings. The van der Waals surface area contributed by atoms with Crippen LogP contribution < -0.4 is 5.32 Å². The van der Waals surface area contributed by atoms with E-state index in [1.54, 1.807) is 4.90 Å². The average molecular weight is 232 g/mol. The predicted octanol–water partition coefficient (Wildman–Crippen LogP) is 1.53. The lowest BCUT2D eigenvalue weighted by Crippen LogP contribution is -2.59. The molecule has 1 saturated heterocycles. The van der Waals surface area contributed by atoms with Crippen molar-refractivity contribution in [2.75, 3.05) is 20.1 Å². The molecule has 17 heavy (non-hydrogen) atoms. The highest BCUT2D eigenvalue weighted by molar-refractivity contribution is 5.87. The molecular weight excluding hydrogens is 212 g/mol. The van der Waals surface area contributed by atoms with E-state index in [-0.39, 0.29) is 5.91 Å². The Hall–Kier alpha value is -1.35. The SMILES string of the molecule is CCc1ccc(C2(C)NCCN(C)C2=O)cc1. The van der Waals surface area contributed by atoms with Crippen LogP contribution in [0.15, 0.2) is 24.3 Å². The lowest BCUT2D eigenvalue weighted by atomic mass is 9.88. The highest BCUT2D eigenvalue weighted by Crippen LogP contribution is 2.25. The molecule has 1 atom stereocenters. The standard InChI is InChI=1S/C14H20N2O/c1-4-11-5-7-12(8-6-11)14(2)13(17)16(3)10-9-15-14/h5-8,15H,4,9-10H2,1-3H3. The first kappa shape index (κ1) is 12.1. The van der Waals surface area contributed by atoms with Gasteiger partial charge in [0.2, 0.25) is 5.91 Å². The van der Waals surface area contributed by atoms with Crippen molar-refractivity contribution in [2.24, 2.45) is 0 Å². The lowest BCUT2D eigenvalue weighted by Gasteiger charge is -2.39. The zero-order valence-corrected chi connectivity index (χ0v) is 10.8. The van der Waals surface area contributed by atoms with Crippen molar-refractivity contribution < 1.29 is 4.79 Å². The lowest BCUT2D eigenvalue weighted by molar-refractivity contribution is -0.139. The minimum absolute atomic E-state index is 0.146. The highest BCUT2D eigenvalue weighted by Gasteiger charge is 2.39. The van der Waals surface area contributed by atoms with Gasteiger partial charge in [0.25, 0.3) is 0 Å². The van der Waals surface area contributed by atoms with Gasteiger partial charge in [0.05, 0.1) is 0 Å². The van der Waals surface area contributed by atoms with Crippen LogP contribution in [0.2, 0.25) is 0 Å². The van der Waals surface area contributed by atoms with Crippen LogP contribution in [0.1, 0.15) is 25.0 Å². The fourth-order valence-corrected chi connectivity index (χ4v) is 2.33. The topological polar surface area (TPSA) is 32.3 Å². The molecule has 1 N–H and O–H groups in total. The Kier molecular flexibility index (Phi) is 3.20. The van der Waals surface area contributed by atoms with Crippen LogP contribution >= 0.6 is 0 Å². The molecule has 92 valence electrons. The van der Waals surface area contributed by atoms with Gasteiger partial charge >= 0.3 is 0 Å². The van der Waals surface area contributed by atoms with E-state index in [2.05, 4.69) is 36.5 Å². The number of amides is 1. The monoisotopic (exact) mass is 232 g/mol. The summed E-state index contributed by atoms with van der Waals surface area (Å²) in [7, 11) is 1.86. The summed E-state index contributed by atoms with van der Waals surface area (Å²) in [5.74, 6) is 0.146. The molecule has 1 aromatic rings. The number of nitrogens with one attached hydrogen (secondary N) is 1. The summed E-state index contributed by atoms with van der Waals surface area (Å²) in [5, 5.41) is 3.34. The van der Waals surface area contributed by atoms with Crippen molar-refractivity contribution in [3.05, 3.63) is 35.4 Å². The molecule has 2 rings (SSSR count). The van der Waals surface area contributed by atoms with Gasteiger partial charge in [0, 0.05) is 20.1 Å². The van der Waals surface area contributed by atoms with Crippen LogP contribution in [0.3, 0.4) is 0 Å². The molecule has 1 aliphatic heterocycles. The zero-order valence-electron chi connectivity index (χ0n) is 10.8. The smallest absolute Gasteiger partial charge is 0.246 e. The molecule has 0 radical (unpaired) electrons. The number of benzene rings is 1. The predicted molar refractivity (Wildman–Crippen MR) is 68.8 cm³/mol. The molecule has 0 bridgehead atoms. The van der Waals surface area contributed by atoms with Gasteiger partial charge in [-0.05, 0) is 24.5 Å². The first-order valence-electron chi connectivity index (χ1n) is 6.18. The van der Waals surface area contributed by atoms with E-state index in [0.717, 1.165) is 25.1 Å². The molecule has 1 heterocycles. The van der Waals surface area contributed by atoms with E-state index >= 15 is 0 Å². The van der Waals surface area contributed by atoms with Crippen LogP contribution in [-0.4, -0.2) is 30.9 Å². The van der Waals surface area contributed by atoms with Gasteiger partial charge in [-0.2, -0.15) is 0 Å². The van der Waals surface area contributed by atoms with Crippen LogP contribution in [0.25, 0.3) is 0 Å². The van der Waals surface area contributed by atoms with Crippen LogP contribution in [0.5, 0.6) is 0 Å². The van der Waals surface area contributed by atoms with Crippen molar-refractivity contribution in [3.63, 3.8) is 0 Å². The normalized spacial score (nSPS) is 25.1. The molecule has 0 saturated carbocycles. The van der Waals surface area contributed by atoms with Crippen molar-refractivity contribution in [1.82, 2.24) is 10.2 Å². The van der Waals surface area contributed by atoms with E-state index in [0.29, 0.717) is 0 Å². The zero-order chi connectivity index (χ0) is 12.5. The largest absolute Gasteiger partial charge is 0.343 e. The van der Waals surface area contributed by atoms with Gasteiger partial charge in [0.1, 0.15) is 5.54 Å². The summed E-state index contributed by atoms with van der Waals surface area (Å²) in [6, 6.07) is 8.32. The Morgan fingerprint density at radius 2 is 2.00 bits per heavy atom. The molecule has 3 heteroatoms. The van der Waals surface area contributed by atoms with Gasteiger partial charge in [-0.3, -0.25) is 10.1 Å². The number of aryl methyl sites for hydroxylation is 1. The number of nitrogens with zero attached hydrogens (tertiary/aromatic N) is 1. The fraction of sp³-hybridized carbons (Fsp3) is 0.500. The summed E-state index contributed by atoms with van der Waals surface area (Å²) in [5.41, 5.74) is 1.78. The first-order chi connectivity index (χ1) is 8.08. The van der Waals surface area contributed by atoms with Gasteiger partial charge in [0.15, 0.2) is 0 Å². The Morgan fingerprint density at radius 1 is 1.35 bits per heavy atom. The fourth-order valence-electron chi connectivity index (χ4n) is 2.33. The second-order valence-electron chi connectivity index (χ2n) is 4.83. The van der Waals surface area contributed by atoms with Crippen LogP contribution in [0.4, 0.5) is 0 Å². The Balaban J connectivity index is 2.32. The van der Waals surface area contributed by atoms with Crippen molar-refractivity contribution in [1.29, 1.82) is 0 Å². The Morgan fingerprint density at radius 3 is 2.59 bits per heavy atom. The molecule has 0 aromatic heterocycles. The third-order valence-electron chi connectivity index (χ3n) is 3.64. The maximum atomic E-state index is 12.3. The molecule has 0 aliphatic carbocycles. The second-order valence-corrected chi connectivity index (χ2v) is 4.83. The number of piperazine rings is 1. The molecular formula is C14H20N2O. The minimum atomic E-state index is -0.570. The van der Waals surface area contributed by atoms with Crippen LogP contribution in [-0.2, 0) is 16.8 Å². The van der Waals surface area contributed by atoms with Crippen molar-refractivity contribution in [3.8, 4) is 0 Å². The summed E-state index contributed by atoms with van der Waals surface area (Å²) in [6.07, 6.45) is 1.03. The molecule has 1 aromatic carbocycles. The molecule has 1 aliphatic rings. The number of carbonyl (C=O) groups is 1. The minimum Gasteiger partial charge on any atom is -0.343 e. The van der Waals surface area contributed by atoms with Gasteiger partial charge in [-0.1, -0.05) is 31.2 Å². The summed E-state index contributed by atoms with van der Waals surface area (Å²) in [4.78, 5) is 14.1. The first-order valence-corrected chi connectivity index (χ1v) is 6.18. The molecule has 0 spiro atoms. The third kappa shape index (κ3) is 2.07. The number of carbonyl (C=O) groups excluding carboxylic acids is 1. The van der Waals surface area contributed by atoms with E-state index < -0.39 is 5.54 Å². The Labute approximate surface area is 103 Å². The van der Waals surface area contributed by atoms with Crippen molar-refractivity contribution >= 4 is 5.91 Å². The summed E-state index contributed by atoms with van der Waals surface area (Å²) in [6.45, 7) is 5.72. The summed E-state index contributed by atoms with van der Waals surface area (Å²) >= 11 is 0. The number of hydrogen-bond acceptors (Lipinski definition) is 2. The number of likely N-dealkylation sites (N-methyl/N-ethyl adjacent to an activating group) is 1. The quantitative estimate of drug-likeness (QED) is 0.838. The third-order valence-corrected chi connectivity index (χ3v) is 3.64. The maximum Gasteiger partial charge on any atom is 0.246 e. The highest BCUT2D eigenvalue weighted by atomic mass is 16.2. The molecule has 1 amide bonds. The van der Waals surface area contributed by atoms with E-state index in [1.807, 2.05) is 14.0 Å². The number of hydrogen-bond donors (Lipinski definition) is 1. The van der Waals surface area contributed by atoms with E-state index in [4.69, 9.17) is 0 Å². The average Bonchev–Trinajstić information content (AvgIpc) is 2.36. The molecule has 1 unspecified atom stereocenters. The van der Waals surface area contributed by atoms with Crippen molar-refractivity contribution in [2.45, 2.75) is 25.8 Å². The maximum absolute atomic E-state index is 12.3. The van der Waals surface area contributed by atoms with E-state index in [9.17, 15) is 4.79 Å². The van der Waals surface area contributed by atoms with Gasteiger partial charge in [-0.15, -0.1) is 0 Å². The number of rotatable bonds is 2.